The Kier molecular flexibility index (Phi) is 5.67. The van der Waals surface area contributed by atoms with Crippen LogP contribution < -0.4 is 4.72 Å². The number of amides is 1. The number of nitrogens with one attached hydrogen (secondary N) is 1. The molecule has 156 valence electrons. The Labute approximate surface area is 171 Å². The first-order chi connectivity index (χ1) is 12.9. The maximum absolute atomic E-state index is 13.1. The molecule has 2 heterocycles. The summed E-state index contributed by atoms with van der Waals surface area (Å²) in [5, 5.41) is 0. The van der Waals surface area contributed by atoms with Crippen LogP contribution in [0.15, 0.2) is 30.3 Å². The van der Waals surface area contributed by atoms with Crippen LogP contribution in [0.4, 0.5) is 4.79 Å². The van der Waals surface area contributed by atoms with Crippen molar-refractivity contribution >= 4 is 17.1 Å². The summed E-state index contributed by atoms with van der Waals surface area (Å²) in [4.78, 5) is 15.1. The molecule has 28 heavy (non-hydrogen) atoms. The summed E-state index contributed by atoms with van der Waals surface area (Å²) in [5.41, 5.74) is 0.121. The highest BCUT2D eigenvalue weighted by atomic mass is 32.2. The number of fused-ring (bicyclic) bond motifs is 2. The van der Waals surface area contributed by atoms with E-state index < -0.39 is 26.9 Å². The van der Waals surface area contributed by atoms with Crippen molar-refractivity contribution in [2.45, 2.75) is 95.2 Å². The van der Waals surface area contributed by atoms with Gasteiger partial charge >= 0.3 is 6.09 Å². The molecule has 0 aromatic heterocycles. The van der Waals surface area contributed by atoms with E-state index >= 15 is 0 Å². The lowest BCUT2D eigenvalue weighted by atomic mass is 9.79. The first kappa shape index (κ1) is 21.3. The Bertz CT molecular complexity index is 728. The summed E-state index contributed by atoms with van der Waals surface area (Å²) in [6.07, 6.45) is 3.46. The molecule has 2 bridgehead atoms. The van der Waals surface area contributed by atoms with E-state index in [-0.39, 0.29) is 18.2 Å². The molecular formula is C22H34N2O3S. The topological polar surface area (TPSA) is 58.6 Å². The third-order valence-corrected chi connectivity index (χ3v) is 7.27. The van der Waals surface area contributed by atoms with E-state index in [2.05, 4.69) is 16.9 Å². The first-order valence-electron chi connectivity index (χ1n) is 10.2. The third-order valence-electron chi connectivity index (χ3n) is 5.71. The molecule has 5 nitrogen and oxygen atoms in total. The largest absolute Gasteiger partial charge is 0.444 e. The standard InChI is InChI=1S/C22H34N2O3S/c1-20(2,3)27-19(25)24-17-12-14-22(24,15-13-17)18(16-10-8-7-9-11-16)23-28(26)21(4,5)6/h7-11,17-18,23H,12-15H2,1-6H3/t17?,18-,22?,28+/m1/s1. The van der Waals surface area contributed by atoms with Gasteiger partial charge < -0.3 is 4.74 Å². The first-order valence-corrected chi connectivity index (χ1v) is 11.3. The number of hydrogen-bond acceptors (Lipinski definition) is 3. The number of carbonyl (C=O) groups excluding carboxylic acids is 1. The van der Waals surface area contributed by atoms with Crippen LogP contribution in [-0.2, 0) is 15.7 Å². The van der Waals surface area contributed by atoms with Crippen molar-refractivity contribution in [2.75, 3.05) is 0 Å². The van der Waals surface area contributed by atoms with Gasteiger partial charge in [-0.2, -0.15) is 0 Å². The van der Waals surface area contributed by atoms with Crippen molar-refractivity contribution in [1.29, 1.82) is 0 Å². The Balaban J connectivity index is 2.00. The highest BCUT2D eigenvalue weighted by Crippen LogP contribution is 2.53. The van der Waals surface area contributed by atoms with Gasteiger partial charge in [0.15, 0.2) is 0 Å². The second-order valence-corrected chi connectivity index (χ2v) is 12.0. The van der Waals surface area contributed by atoms with Gasteiger partial charge in [0.05, 0.1) is 27.3 Å². The van der Waals surface area contributed by atoms with E-state index in [4.69, 9.17) is 4.74 Å². The Morgan fingerprint density at radius 3 is 2.21 bits per heavy atom. The Morgan fingerprint density at radius 2 is 1.71 bits per heavy atom. The quantitative estimate of drug-likeness (QED) is 0.788. The van der Waals surface area contributed by atoms with Crippen LogP contribution in [0.5, 0.6) is 0 Å². The highest BCUT2D eigenvalue weighted by Gasteiger charge is 2.59. The van der Waals surface area contributed by atoms with Gasteiger partial charge in [0.2, 0.25) is 0 Å². The van der Waals surface area contributed by atoms with Gasteiger partial charge in [-0.05, 0) is 72.8 Å². The highest BCUT2D eigenvalue weighted by molar-refractivity contribution is 7.84. The van der Waals surface area contributed by atoms with Crippen molar-refractivity contribution in [3.05, 3.63) is 35.9 Å². The normalized spacial score (nSPS) is 26.9. The summed E-state index contributed by atoms with van der Waals surface area (Å²) in [6, 6.07) is 10.1. The van der Waals surface area contributed by atoms with E-state index in [0.717, 1.165) is 31.2 Å². The minimum Gasteiger partial charge on any atom is -0.444 e. The molecule has 0 aliphatic carbocycles. The minimum atomic E-state index is -1.25. The van der Waals surface area contributed by atoms with E-state index in [1.165, 1.54) is 0 Å². The molecule has 6 heteroatoms. The predicted octanol–water partition coefficient (Wildman–Crippen LogP) is 4.71. The average Bonchev–Trinajstić information content (AvgIpc) is 3.14. The fourth-order valence-electron chi connectivity index (χ4n) is 4.45. The van der Waals surface area contributed by atoms with Gasteiger partial charge in [-0.1, -0.05) is 30.3 Å². The van der Waals surface area contributed by atoms with Crippen molar-refractivity contribution in [2.24, 2.45) is 0 Å². The average molecular weight is 407 g/mol. The molecule has 0 spiro atoms. The molecule has 2 aliphatic rings. The van der Waals surface area contributed by atoms with Crippen LogP contribution in [0.1, 0.15) is 78.8 Å². The fourth-order valence-corrected chi connectivity index (χ4v) is 5.38. The van der Waals surface area contributed by atoms with E-state index in [1.807, 2.05) is 64.6 Å². The number of rotatable bonds is 4. The van der Waals surface area contributed by atoms with E-state index in [0.29, 0.717) is 0 Å². The number of hydrogen-bond donors (Lipinski definition) is 1. The summed E-state index contributed by atoms with van der Waals surface area (Å²) in [6.45, 7) is 11.6. The molecule has 1 N–H and O–H groups in total. The molecule has 2 atom stereocenters. The molecule has 0 unspecified atom stereocenters. The van der Waals surface area contributed by atoms with E-state index in [1.54, 1.807) is 0 Å². The number of nitrogens with zero attached hydrogens (tertiary/aromatic N) is 1. The minimum absolute atomic E-state index is 0.200. The van der Waals surface area contributed by atoms with Gasteiger partial charge in [0.25, 0.3) is 0 Å². The predicted molar refractivity (Wildman–Crippen MR) is 113 cm³/mol. The van der Waals surface area contributed by atoms with Crippen molar-refractivity contribution in [1.82, 2.24) is 9.62 Å². The van der Waals surface area contributed by atoms with Crippen molar-refractivity contribution in [3.63, 3.8) is 0 Å². The molecule has 1 aromatic rings. The molecule has 3 rings (SSSR count). The Morgan fingerprint density at radius 1 is 1.14 bits per heavy atom. The van der Waals surface area contributed by atoms with Crippen LogP contribution in [-0.4, -0.2) is 37.1 Å². The third kappa shape index (κ3) is 4.13. The second kappa shape index (κ2) is 7.45. The van der Waals surface area contributed by atoms with Crippen molar-refractivity contribution < 1.29 is 13.7 Å². The van der Waals surface area contributed by atoms with Crippen LogP contribution in [0.2, 0.25) is 0 Å². The molecular weight excluding hydrogens is 372 g/mol. The van der Waals surface area contributed by atoms with Gasteiger partial charge in [0, 0.05) is 6.04 Å². The maximum Gasteiger partial charge on any atom is 0.411 e. The second-order valence-electron chi connectivity index (χ2n) is 10.0. The molecule has 2 saturated heterocycles. The number of carbonyl (C=O) groups is 1. The zero-order valence-corrected chi connectivity index (χ0v) is 18.8. The molecule has 1 aromatic carbocycles. The summed E-state index contributed by atoms with van der Waals surface area (Å²) in [5.74, 6) is 0. The van der Waals surface area contributed by atoms with E-state index in [9.17, 15) is 9.00 Å². The lowest BCUT2D eigenvalue weighted by Gasteiger charge is -2.43. The SMILES string of the molecule is CC(C)(C)OC(=O)N1C2CCC1([C@H](N[S@@](=O)C(C)(C)C)c1ccccc1)CC2. The van der Waals surface area contributed by atoms with Crippen molar-refractivity contribution in [3.8, 4) is 0 Å². The van der Waals surface area contributed by atoms with Gasteiger partial charge in [-0.3, -0.25) is 4.90 Å². The summed E-state index contributed by atoms with van der Waals surface area (Å²) >= 11 is 0. The molecule has 1 amide bonds. The Hall–Kier alpha value is -1.40. The fraction of sp³-hybridized carbons (Fsp3) is 0.682. The number of benzene rings is 1. The maximum atomic E-state index is 13.1. The summed E-state index contributed by atoms with van der Waals surface area (Å²) < 4.78 is 21.8. The smallest absolute Gasteiger partial charge is 0.411 e. The molecule has 2 fully saturated rings. The van der Waals surface area contributed by atoms with Crippen LogP contribution in [0, 0.1) is 0 Å². The lowest BCUT2D eigenvalue weighted by molar-refractivity contribution is 0.00427. The zero-order chi connectivity index (χ0) is 20.7. The van der Waals surface area contributed by atoms with Gasteiger partial charge in [-0.25, -0.2) is 13.7 Å². The molecule has 0 saturated carbocycles. The molecule has 0 radical (unpaired) electrons. The van der Waals surface area contributed by atoms with Crippen LogP contribution in [0.25, 0.3) is 0 Å². The molecule has 2 aliphatic heterocycles. The lowest BCUT2D eigenvalue weighted by Crippen LogP contribution is -2.55. The zero-order valence-electron chi connectivity index (χ0n) is 18.0. The van der Waals surface area contributed by atoms with Crippen LogP contribution >= 0.6 is 0 Å². The van der Waals surface area contributed by atoms with Gasteiger partial charge in [0.1, 0.15) is 5.60 Å². The van der Waals surface area contributed by atoms with Gasteiger partial charge in [-0.15, -0.1) is 0 Å². The summed E-state index contributed by atoms with van der Waals surface area (Å²) in [7, 11) is -1.25. The monoisotopic (exact) mass is 406 g/mol. The van der Waals surface area contributed by atoms with Crippen LogP contribution in [0.3, 0.4) is 0 Å². The number of ether oxygens (including phenoxy) is 1.